The lowest BCUT2D eigenvalue weighted by molar-refractivity contribution is -0.131. The first kappa shape index (κ1) is 17.5. The summed E-state index contributed by atoms with van der Waals surface area (Å²) in [7, 11) is 0. The maximum Gasteiger partial charge on any atom is 0.327 e. The van der Waals surface area contributed by atoms with Crippen molar-refractivity contribution in [3.63, 3.8) is 0 Å². The molecule has 27 heavy (non-hydrogen) atoms. The maximum absolute atomic E-state index is 10.6. The second kappa shape index (κ2) is 7.76. The highest BCUT2D eigenvalue weighted by molar-refractivity contribution is 5.79. The number of hydrogen-bond donors (Lipinski definition) is 1. The van der Waals surface area contributed by atoms with Crippen molar-refractivity contribution in [1.82, 2.24) is 14.5 Å². The van der Waals surface area contributed by atoms with E-state index in [9.17, 15) is 4.79 Å². The number of nitrogens with zero attached hydrogens (tertiary/aromatic N) is 3. The monoisotopic (exact) mass is 361 g/mol. The molecule has 1 aliphatic rings. The van der Waals surface area contributed by atoms with Crippen molar-refractivity contribution in [2.75, 3.05) is 6.54 Å². The number of benzene rings is 1. The van der Waals surface area contributed by atoms with E-state index in [1.807, 2.05) is 23.0 Å². The van der Waals surface area contributed by atoms with Gasteiger partial charge in [0.2, 0.25) is 0 Å². The third-order valence-corrected chi connectivity index (χ3v) is 5.22. The van der Waals surface area contributed by atoms with Crippen molar-refractivity contribution >= 4 is 11.5 Å². The summed E-state index contributed by atoms with van der Waals surface area (Å²) >= 11 is 0. The normalized spacial score (nSPS) is 17.9. The van der Waals surface area contributed by atoms with E-state index >= 15 is 0 Å². The van der Waals surface area contributed by atoms with Crippen molar-refractivity contribution in [1.29, 1.82) is 0 Å². The van der Waals surface area contributed by atoms with Crippen LogP contribution in [0.1, 0.15) is 35.6 Å². The van der Waals surface area contributed by atoms with Crippen LogP contribution in [0.5, 0.6) is 0 Å². The Morgan fingerprint density at radius 3 is 2.89 bits per heavy atom. The highest BCUT2D eigenvalue weighted by atomic mass is 16.4. The molecule has 138 valence electrons. The predicted octanol–water partition coefficient (Wildman–Crippen LogP) is 3.85. The lowest BCUT2D eigenvalue weighted by Crippen LogP contribution is -2.22. The topological polar surface area (TPSA) is 57.8 Å². The molecule has 0 aliphatic carbocycles. The van der Waals surface area contributed by atoms with Gasteiger partial charge in [-0.1, -0.05) is 36.4 Å². The summed E-state index contributed by atoms with van der Waals surface area (Å²) in [5.41, 5.74) is 4.89. The highest BCUT2D eigenvalue weighted by Crippen LogP contribution is 2.33. The summed E-state index contributed by atoms with van der Waals surface area (Å²) in [5, 5.41) is 13.1. The first-order valence-corrected chi connectivity index (χ1v) is 9.34. The Kier molecular flexibility index (Phi) is 5.03. The Morgan fingerprint density at radius 1 is 1.22 bits per heavy atom. The number of allylic oxidation sites excluding steroid dienone is 1. The molecule has 1 saturated heterocycles. The van der Waals surface area contributed by atoms with Crippen molar-refractivity contribution in [3.8, 4) is 0 Å². The Hall–Kier alpha value is -2.92. The van der Waals surface area contributed by atoms with E-state index in [0.717, 1.165) is 25.1 Å². The number of fused-ring (bicyclic) bond motifs is 1. The highest BCUT2D eigenvalue weighted by Gasteiger charge is 2.26. The molecule has 0 radical (unpaired) electrons. The number of likely N-dealkylation sites (tertiary alicyclic amines) is 1. The summed E-state index contributed by atoms with van der Waals surface area (Å²) in [5.74, 6) is -0.902. The smallest absolute Gasteiger partial charge is 0.327 e. The van der Waals surface area contributed by atoms with Gasteiger partial charge in [-0.2, -0.15) is 5.10 Å². The van der Waals surface area contributed by atoms with Crippen LogP contribution in [0.2, 0.25) is 0 Å². The molecule has 1 aliphatic heterocycles. The summed E-state index contributed by atoms with van der Waals surface area (Å²) in [4.78, 5) is 13.1. The molecule has 0 unspecified atom stereocenters. The summed E-state index contributed by atoms with van der Waals surface area (Å²) in [6.45, 7) is 2.00. The van der Waals surface area contributed by atoms with Crippen molar-refractivity contribution in [2.45, 2.75) is 31.8 Å². The van der Waals surface area contributed by atoms with E-state index in [1.54, 1.807) is 6.08 Å². The SMILES string of the molecule is O=C(O)/C=C/Cc1ccc([C@@H]2CCCN2Cc2cnn3ccccc23)cc1. The number of rotatable bonds is 6. The lowest BCUT2D eigenvalue weighted by Gasteiger charge is -2.24. The van der Waals surface area contributed by atoms with Crippen LogP contribution < -0.4 is 0 Å². The van der Waals surface area contributed by atoms with Crippen LogP contribution in [0.15, 0.2) is 67.0 Å². The average Bonchev–Trinajstić information content (AvgIpc) is 3.30. The quantitative estimate of drug-likeness (QED) is 0.678. The van der Waals surface area contributed by atoms with Crippen molar-refractivity contribution in [2.24, 2.45) is 0 Å². The lowest BCUT2D eigenvalue weighted by atomic mass is 10.0. The number of aliphatic carboxylic acids is 1. The Bertz CT molecular complexity index is 959. The predicted molar refractivity (Wildman–Crippen MR) is 104 cm³/mol. The van der Waals surface area contributed by atoms with E-state index < -0.39 is 5.97 Å². The van der Waals surface area contributed by atoms with Crippen LogP contribution >= 0.6 is 0 Å². The van der Waals surface area contributed by atoms with Crippen LogP contribution in [0, 0.1) is 0 Å². The molecule has 4 rings (SSSR count). The molecule has 5 nitrogen and oxygen atoms in total. The molecule has 3 aromatic rings. The van der Waals surface area contributed by atoms with Crippen LogP contribution in [0.25, 0.3) is 5.52 Å². The minimum Gasteiger partial charge on any atom is -0.478 e. The molecular weight excluding hydrogens is 338 g/mol. The second-order valence-corrected chi connectivity index (χ2v) is 7.02. The van der Waals surface area contributed by atoms with E-state index in [4.69, 9.17) is 5.11 Å². The van der Waals surface area contributed by atoms with E-state index in [0.29, 0.717) is 12.5 Å². The van der Waals surface area contributed by atoms with Gasteiger partial charge in [0, 0.05) is 30.4 Å². The van der Waals surface area contributed by atoms with Gasteiger partial charge in [-0.3, -0.25) is 4.90 Å². The van der Waals surface area contributed by atoms with Crippen molar-refractivity contribution < 1.29 is 9.90 Å². The fourth-order valence-electron chi connectivity index (χ4n) is 3.89. The molecular formula is C22H23N3O2. The van der Waals surface area contributed by atoms with Gasteiger partial charge in [-0.05, 0) is 49.1 Å². The van der Waals surface area contributed by atoms with E-state index in [-0.39, 0.29) is 0 Å². The third-order valence-electron chi connectivity index (χ3n) is 5.22. The molecule has 0 spiro atoms. The maximum atomic E-state index is 10.6. The fraction of sp³-hybridized carbons (Fsp3) is 0.273. The van der Waals surface area contributed by atoms with Crippen LogP contribution in [-0.2, 0) is 17.8 Å². The average molecular weight is 361 g/mol. The first-order chi connectivity index (χ1) is 13.2. The van der Waals surface area contributed by atoms with Crippen LogP contribution in [0.4, 0.5) is 0 Å². The van der Waals surface area contributed by atoms with Gasteiger partial charge in [0.25, 0.3) is 0 Å². The number of aromatic nitrogens is 2. The Morgan fingerprint density at radius 2 is 2.07 bits per heavy atom. The van der Waals surface area contributed by atoms with Gasteiger partial charge in [-0.15, -0.1) is 0 Å². The molecule has 2 aromatic heterocycles. The first-order valence-electron chi connectivity index (χ1n) is 9.34. The molecule has 1 N–H and O–H groups in total. The van der Waals surface area contributed by atoms with Gasteiger partial charge in [0.15, 0.2) is 0 Å². The van der Waals surface area contributed by atoms with E-state index in [1.165, 1.54) is 29.1 Å². The zero-order valence-corrected chi connectivity index (χ0v) is 15.2. The minimum atomic E-state index is -0.902. The second-order valence-electron chi connectivity index (χ2n) is 7.02. The van der Waals surface area contributed by atoms with Gasteiger partial charge in [0.05, 0.1) is 11.7 Å². The van der Waals surface area contributed by atoms with Gasteiger partial charge in [0.1, 0.15) is 0 Å². The molecule has 3 heterocycles. The zero-order chi connectivity index (χ0) is 18.6. The van der Waals surface area contributed by atoms with Gasteiger partial charge >= 0.3 is 5.97 Å². The van der Waals surface area contributed by atoms with Crippen molar-refractivity contribution in [3.05, 3.63) is 83.7 Å². The van der Waals surface area contributed by atoms with Gasteiger partial charge in [-0.25, -0.2) is 9.31 Å². The number of carboxylic acids is 1. The number of carboxylic acid groups (broad SMARTS) is 1. The molecule has 5 heteroatoms. The number of carbonyl (C=O) groups is 1. The number of hydrogen-bond acceptors (Lipinski definition) is 3. The summed E-state index contributed by atoms with van der Waals surface area (Å²) < 4.78 is 1.93. The molecule has 1 aromatic carbocycles. The summed E-state index contributed by atoms with van der Waals surface area (Å²) in [6, 6.07) is 15.2. The molecule has 0 bridgehead atoms. The number of pyridine rings is 1. The molecule has 0 amide bonds. The minimum absolute atomic E-state index is 0.423. The molecule has 0 saturated carbocycles. The van der Waals surface area contributed by atoms with Crippen LogP contribution in [-0.4, -0.2) is 32.1 Å². The summed E-state index contributed by atoms with van der Waals surface area (Å²) in [6.07, 6.45) is 9.85. The molecule has 1 atom stereocenters. The van der Waals surface area contributed by atoms with Crippen LogP contribution in [0.3, 0.4) is 0 Å². The standard InChI is InChI=1S/C22H23N3O2/c26-22(27)8-3-5-17-9-11-18(12-10-17)20-7-4-13-24(20)16-19-15-23-25-14-2-1-6-21(19)25/h1-3,6,8-12,14-15,20H,4-5,7,13,16H2,(H,26,27)/b8-3+/t20-/m0/s1. The zero-order valence-electron chi connectivity index (χ0n) is 15.2. The van der Waals surface area contributed by atoms with Gasteiger partial charge < -0.3 is 5.11 Å². The fourth-order valence-corrected chi connectivity index (χ4v) is 3.89. The Balaban J connectivity index is 1.47. The Labute approximate surface area is 158 Å². The largest absolute Gasteiger partial charge is 0.478 e. The third kappa shape index (κ3) is 3.93. The van der Waals surface area contributed by atoms with E-state index in [2.05, 4.69) is 46.4 Å². The molecule has 1 fully saturated rings.